The monoisotopic (exact) mass is 460 g/mol. The van der Waals surface area contributed by atoms with Crippen LogP contribution in [0.2, 0.25) is 0 Å². The van der Waals surface area contributed by atoms with Gasteiger partial charge in [-0.1, -0.05) is 62.4 Å². The van der Waals surface area contributed by atoms with E-state index in [2.05, 4.69) is 98.0 Å². The number of allylic oxidation sites excluding steroid dienone is 2. The van der Waals surface area contributed by atoms with E-state index in [1.807, 2.05) is 17.4 Å². The molecule has 5 heteroatoms. The first-order valence-corrected chi connectivity index (χ1v) is 12.4. The Labute approximate surface area is 203 Å². The lowest BCUT2D eigenvalue weighted by molar-refractivity contribution is 0.456. The maximum atomic E-state index is 4.75. The number of hydrogen-bond donors (Lipinski definition) is 2. The van der Waals surface area contributed by atoms with Gasteiger partial charge in [0.1, 0.15) is 5.69 Å². The van der Waals surface area contributed by atoms with E-state index < -0.39 is 0 Å². The highest BCUT2D eigenvalue weighted by Gasteiger charge is 2.16. The molecule has 33 heavy (non-hydrogen) atoms. The first kappa shape index (κ1) is 24.8. The first-order chi connectivity index (χ1) is 15.9. The van der Waals surface area contributed by atoms with E-state index in [0.717, 1.165) is 60.9 Å². The van der Waals surface area contributed by atoms with Gasteiger partial charge in [0.15, 0.2) is 0 Å². The van der Waals surface area contributed by atoms with Crippen LogP contribution in [-0.4, -0.2) is 43.1 Å². The predicted octanol–water partition coefficient (Wildman–Crippen LogP) is 4.56. The van der Waals surface area contributed by atoms with Crippen LogP contribution < -0.4 is 10.6 Å². The van der Waals surface area contributed by atoms with Crippen molar-refractivity contribution >= 4 is 11.3 Å². The molecule has 1 heterocycles. The fraction of sp³-hybridized carbons (Fsp3) is 0.393. The Kier molecular flexibility index (Phi) is 9.35. The Morgan fingerprint density at radius 2 is 2.09 bits per heavy atom. The minimum absolute atomic E-state index is 0.218. The molecular weight excluding hydrogens is 424 g/mol. The van der Waals surface area contributed by atoms with Crippen molar-refractivity contribution in [3.8, 4) is 11.8 Å². The molecule has 2 N–H and O–H groups in total. The van der Waals surface area contributed by atoms with Crippen molar-refractivity contribution in [1.82, 2.24) is 20.5 Å². The maximum Gasteiger partial charge on any atom is 0.127 e. The molecule has 1 aliphatic carbocycles. The molecule has 4 nitrogen and oxygen atoms in total. The van der Waals surface area contributed by atoms with Crippen LogP contribution in [0.4, 0.5) is 0 Å². The lowest BCUT2D eigenvalue weighted by atomic mass is 10.0. The Bertz CT molecular complexity index is 1020. The molecule has 2 aromatic rings. The van der Waals surface area contributed by atoms with Gasteiger partial charge in [0.25, 0.3) is 0 Å². The van der Waals surface area contributed by atoms with E-state index in [-0.39, 0.29) is 6.04 Å². The van der Waals surface area contributed by atoms with Crippen molar-refractivity contribution < 1.29 is 0 Å². The highest BCUT2D eigenvalue weighted by atomic mass is 32.1. The van der Waals surface area contributed by atoms with E-state index in [1.54, 1.807) is 0 Å². The molecule has 0 unspecified atom stereocenters. The molecule has 0 saturated heterocycles. The molecular formula is C28H36N4S. The third kappa shape index (κ3) is 8.57. The minimum Gasteiger partial charge on any atom is -0.384 e. The van der Waals surface area contributed by atoms with Crippen LogP contribution in [0.5, 0.6) is 0 Å². The second-order valence-corrected chi connectivity index (χ2v) is 10.1. The van der Waals surface area contributed by atoms with Crippen LogP contribution in [0, 0.1) is 17.8 Å². The summed E-state index contributed by atoms with van der Waals surface area (Å²) in [6.45, 7) is 12.3. The molecule has 0 saturated carbocycles. The molecule has 0 fully saturated rings. The van der Waals surface area contributed by atoms with Gasteiger partial charge in [0.2, 0.25) is 0 Å². The first-order valence-electron chi connectivity index (χ1n) is 11.6. The smallest absolute Gasteiger partial charge is 0.127 e. The number of thiazole rings is 1. The number of aromatic nitrogens is 1. The van der Waals surface area contributed by atoms with Gasteiger partial charge in [-0.2, -0.15) is 0 Å². The third-order valence-corrected chi connectivity index (χ3v) is 6.55. The highest BCUT2D eigenvalue weighted by molar-refractivity contribution is 7.11. The SMILES string of the molecule is C=C(/C=C/CN(C)C)NC[C@H](Cc1ccccc1)NC(=C)CCc1nc2c(s1)C[C@H](C)C#C2. The molecule has 2 atom stereocenters. The summed E-state index contributed by atoms with van der Waals surface area (Å²) in [7, 11) is 4.11. The van der Waals surface area contributed by atoms with Gasteiger partial charge in [-0.15, -0.1) is 11.3 Å². The van der Waals surface area contributed by atoms with E-state index in [9.17, 15) is 0 Å². The van der Waals surface area contributed by atoms with Crippen LogP contribution in [0.3, 0.4) is 0 Å². The van der Waals surface area contributed by atoms with Crippen LogP contribution in [0.25, 0.3) is 0 Å². The summed E-state index contributed by atoms with van der Waals surface area (Å²) in [6, 6.07) is 10.8. The van der Waals surface area contributed by atoms with Crippen molar-refractivity contribution in [3.05, 3.63) is 88.2 Å². The number of benzene rings is 1. The lowest BCUT2D eigenvalue weighted by Gasteiger charge is -2.23. The number of nitrogens with one attached hydrogen (secondary N) is 2. The van der Waals surface area contributed by atoms with Gasteiger partial charge < -0.3 is 15.5 Å². The van der Waals surface area contributed by atoms with E-state index in [4.69, 9.17) is 4.98 Å². The molecule has 1 aromatic carbocycles. The van der Waals surface area contributed by atoms with Crippen molar-refractivity contribution in [2.75, 3.05) is 27.2 Å². The number of hydrogen-bond acceptors (Lipinski definition) is 5. The standard InChI is InChI=1S/C28H36N4S/c1-21-13-15-26-27(18-21)33-28(31-26)16-14-23(3)30-25(19-24-11-7-6-8-12-24)20-29-22(2)10-9-17-32(4)5/h6-12,21,25,29-30H,2-3,14,16-20H2,1,4-5H3/b10-9+/t21-,25+/m1/s1. The third-order valence-electron chi connectivity index (χ3n) is 5.41. The molecule has 0 amide bonds. The quantitative estimate of drug-likeness (QED) is 0.340. The second-order valence-electron chi connectivity index (χ2n) is 8.96. The van der Waals surface area contributed by atoms with Gasteiger partial charge in [0, 0.05) is 47.7 Å². The average molecular weight is 461 g/mol. The van der Waals surface area contributed by atoms with Gasteiger partial charge in [-0.05, 0) is 50.9 Å². The van der Waals surface area contributed by atoms with Gasteiger partial charge in [0.05, 0.1) is 5.01 Å². The van der Waals surface area contributed by atoms with Gasteiger partial charge in [-0.25, -0.2) is 4.98 Å². The summed E-state index contributed by atoms with van der Waals surface area (Å²) in [5.74, 6) is 6.90. The average Bonchev–Trinajstić information content (AvgIpc) is 3.18. The van der Waals surface area contributed by atoms with Gasteiger partial charge >= 0.3 is 0 Å². The normalized spacial score (nSPS) is 15.6. The molecule has 1 aliphatic rings. The second kappa shape index (κ2) is 12.4. The summed E-state index contributed by atoms with van der Waals surface area (Å²) < 4.78 is 0. The Morgan fingerprint density at radius 1 is 1.30 bits per heavy atom. The zero-order valence-corrected chi connectivity index (χ0v) is 21.0. The number of likely N-dealkylation sites (N-methyl/N-ethyl adjacent to an activating group) is 1. The number of fused-ring (bicyclic) bond motifs is 1. The Morgan fingerprint density at radius 3 is 2.85 bits per heavy atom. The Balaban J connectivity index is 1.53. The van der Waals surface area contributed by atoms with E-state index in [0.29, 0.717) is 5.92 Å². The highest BCUT2D eigenvalue weighted by Crippen LogP contribution is 2.25. The fourth-order valence-corrected chi connectivity index (χ4v) is 4.83. The van der Waals surface area contributed by atoms with Crippen LogP contribution >= 0.6 is 11.3 Å². The Hall–Kier alpha value is -2.81. The fourth-order valence-electron chi connectivity index (χ4n) is 3.67. The van der Waals surface area contributed by atoms with Crippen molar-refractivity contribution in [2.45, 2.75) is 38.6 Å². The van der Waals surface area contributed by atoms with Crippen LogP contribution in [0.15, 0.2) is 67.0 Å². The molecule has 1 aromatic heterocycles. The van der Waals surface area contributed by atoms with E-state index >= 15 is 0 Å². The van der Waals surface area contributed by atoms with Crippen molar-refractivity contribution in [3.63, 3.8) is 0 Å². The molecule has 3 rings (SSSR count). The maximum absolute atomic E-state index is 4.75. The number of rotatable bonds is 13. The van der Waals surface area contributed by atoms with Crippen LogP contribution in [-0.2, 0) is 19.3 Å². The largest absolute Gasteiger partial charge is 0.384 e. The van der Waals surface area contributed by atoms with Gasteiger partial charge in [-0.3, -0.25) is 0 Å². The number of aryl methyl sites for hydroxylation is 1. The summed E-state index contributed by atoms with van der Waals surface area (Å²) in [4.78, 5) is 8.21. The predicted molar refractivity (Wildman–Crippen MR) is 141 cm³/mol. The van der Waals surface area contributed by atoms with Crippen LogP contribution in [0.1, 0.15) is 34.5 Å². The molecule has 0 radical (unpaired) electrons. The zero-order chi connectivity index (χ0) is 23.6. The summed E-state index contributed by atoms with van der Waals surface area (Å²) >= 11 is 1.81. The topological polar surface area (TPSA) is 40.2 Å². The molecule has 0 aliphatic heterocycles. The minimum atomic E-state index is 0.218. The van der Waals surface area contributed by atoms with E-state index in [1.165, 1.54) is 10.4 Å². The summed E-state index contributed by atoms with van der Waals surface area (Å²) in [5, 5.41) is 8.27. The molecule has 0 bridgehead atoms. The van der Waals surface area contributed by atoms with Crippen molar-refractivity contribution in [2.24, 2.45) is 5.92 Å². The van der Waals surface area contributed by atoms with Crippen molar-refractivity contribution in [1.29, 1.82) is 0 Å². The summed E-state index contributed by atoms with van der Waals surface area (Å²) in [6.07, 6.45) is 7.86. The zero-order valence-electron chi connectivity index (χ0n) is 20.2. The number of nitrogens with zero attached hydrogens (tertiary/aromatic N) is 2. The molecule has 174 valence electrons. The lowest BCUT2D eigenvalue weighted by Crippen LogP contribution is -2.39. The molecule has 0 spiro atoms. The summed E-state index contributed by atoms with van der Waals surface area (Å²) in [5.41, 5.74) is 4.25.